The van der Waals surface area contributed by atoms with Crippen LogP contribution in [0.25, 0.3) is 0 Å². The predicted octanol–water partition coefficient (Wildman–Crippen LogP) is 1.14. The van der Waals surface area contributed by atoms with Gasteiger partial charge in [-0.2, -0.15) is 0 Å². The minimum atomic E-state index is -0.180. The monoisotopic (exact) mass is 298 g/mol. The Morgan fingerprint density at radius 2 is 1.42 bits per heavy atom. The summed E-state index contributed by atoms with van der Waals surface area (Å²) < 4.78 is 0. The summed E-state index contributed by atoms with van der Waals surface area (Å²) in [5.74, 6) is -0.360. The van der Waals surface area contributed by atoms with Crippen molar-refractivity contribution < 1.29 is 9.59 Å². The first-order valence-electron chi connectivity index (χ1n) is 5.36. The Kier molecular flexibility index (Phi) is 4.86. The topological polar surface area (TPSA) is 110 Å². The van der Waals surface area contributed by atoms with E-state index in [9.17, 15) is 9.59 Å². The standard InChI is InChI=1S/C9H10N6O2S2/c16-6(12-8-14-10-4-18-8)2-1-3-7(17)13-9-15-11-5-19-9/h4-5H,1-3H2,(H,12,14,16)(H,13,15,17). The van der Waals surface area contributed by atoms with Gasteiger partial charge in [0, 0.05) is 12.8 Å². The summed E-state index contributed by atoms with van der Waals surface area (Å²) >= 11 is 2.49. The van der Waals surface area contributed by atoms with Crippen LogP contribution in [-0.4, -0.2) is 32.2 Å². The summed E-state index contributed by atoms with van der Waals surface area (Å²) in [5.41, 5.74) is 3.07. The van der Waals surface area contributed by atoms with Gasteiger partial charge in [-0.1, -0.05) is 22.7 Å². The van der Waals surface area contributed by atoms with Crippen molar-refractivity contribution in [1.29, 1.82) is 0 Å². The Balaban J connectivity index is 1.63. The first-order valence-corrected chi connectivity index (χ1v) is 7.12. The fourth-order valence-corrected chi connectivity index (χ4v) is 2.15. The molecule has 0 saturated carbocycles. The SMILES string of the molecule is O=C(CCCC(=O)Nc1nncs1)Nc1nncs1. The summed E-state index contributed by atoms with van der Waals surface area (Å²) in [4.78, 5) is 23.0. The first kappa shape index (κ1) is 13.5. The molecule has 0 fully saturated rings. The van der Waals surface area contributed by atoms with E-state index in [0.29, 0.717) is 16.7 Å². The van der Waals surface area contributed by atoms with Crippen molar-refractivity contribution in [3.63, 3.8) is 0 Å². The molecule has 2 rings (SSSR count). The fraction of sp³-hybridized carbons (Fsp3) is 0.333. The van der Waals surface area contributed by atoms with Gasteiger partial charge in [0.05, 0.1) is 0 Å². The number of anilines is 2. The van der Waals surface area contributed by atoms with Crippen molar-refractivity contribution in [1.82, 2.24) is 20.4 Å². The van der Waals surface area contributed by atoms with Gasteiger partial charge in [0.25, 0.3) is 0 Å². The maximum absolute atomic E-state index is 11.5. The molecule has 0 unspecified atom stereocenters. The highest BCUT2D eigenvalue weighted by Gasteiger charge is 2.08. The molecule has 0 aliphatic rings. The van der Waals surface area contributed by atoms with E-state index in [0.717, 1.165) is 0 Å². The third kappa shape index (κ3) is 4.67. The van der Waals surface area contributed by atoms with Crippen molar-refractivity contribution in [2.75, 3.05) is 10.6 Å². The second-order valence-electron chi connectivity index (χ2n) is 3.44. The number of nitrogens with zero attached hydrogens (tertiary/aromatic N) is 4. The Labute approximate surface area is 116 Å². The lowest BCUT2D eigenvalue weighted by molar-refractivity contribution is -0.117. The molecule has 2 aromatic heterocycles. The Morgan fingerprint density at radius 1 is 0.947 bits per heavy atom. The van der Waals surface area contributed by atoms with Gasteiger partial charge in [-0.05, 0) is 6.42 Å². The van der Waals surface area contributed by atoms with Crippen LogP contribution in [0.4, 0.5) is 10.3 Å². The lowest BCUT2D eigenvalue weighted by atomic mass is 10.2. The maximum atomic E-state index is 11.5. The molecular weight excluding hydrogens is 288 g/mol. The lowest BCUT2D eigenvalue weighted by Gasteiger charge is -2.01. The molecule has 10 heteroatoms. The molecule has 0 aliphatic heterocycles. The summed E-state index contributed by atoms with van der Waals surface area (Å²) in [6, 6.07) is 0. The van der Waals surface area contributed by atoms with Crippen LogP contribution < -0.4 is 10.6 Å². The second kappa shape index (κ2) is 6.85. The van der Waals surface area contributed by atoms with Crippen LogP contribution in [0.1, 0.15) is 19.3 Å². The van der Waals surface area contributed by atoms with E-state index in [1.807, 2.05) is 0 Å². The van der Waals surface area contributed by atoms with E-state index >= 15 is 0 Å². The van der Waals surface area contributed by atoms with Gasteiger partial charge in [-0.15, -0.1) is 20.4 Å². The van der Waals surface area contributed by atoms with Crippen molar-refractivity contribution in [2.45, 2.75) is 19.3 Å². The average molecular weight is 298 g/mol. The number of amides is 2. The van der Waals surface area contributed by atoms with Crippen molar-refractivity contribution >= 4 is 44.8 Å². The molecule has 2 aromatic rings. The van der Waals surface area contributed by atoms with Crippen LogP contribution >= 0.6 is 22.7 Å². The van der Waals surface area contributed by atoms with Crippen molar-refractivity contribution in [2.24, 2.45) is 0 Å². The molecule has 0 atom stereocenters. The fourth-order valence-electron chi connectivity index (χ4n) is 1.23. The molecule has 100 valence electrons. The van der Waals surface area contributed by atoms with E-state index in [1.54, 1.807) is 0 Å². The zero-order chi connectivity index (χ0) is 13.5. The summed E-state index contributed by atoms with van der Waals surface area (Å²) in [5, 5.41) is 20.7. The van der Waals surface area contributed by atoms with Crippen LogP contribution in [0.3, 0.4) is 0 Å². The van der Waals surface area contributed by atoms with E-state index < -0.39 is 0 Å². The van der Waals surface area contributed by atoms with Gasteiger partial charge in [0.1, 0.15) is 11.0 Å². The number of carbonyl (C=O) groups excluding carboxylic acids is 2. The molecule has 0 saturated heterocycles. The number of carbonyl (C=O) groups is 2. The molecule has 0 aliphatic carbocycles. The first-order chi connectivity index (χ1) is 9.24. The zero-order valence-corrected chi connectivity index (χ0v) is 11.3. The van der Waals surface area contributed by atoms with Gasteiger partial charge >= 0.3 is 0 Å². The highest BCUT2D eigenvalue weighted by Crippen LogP contribution is 2.11. The molecule has 2 amide bonds. The molecule has 0 bridgehead atoms. The highest BCUT2D eigenvalue weighted by molar-refractivity contribution is 7.13. The zero-order valence-electron chi connectivity index (χ0n) is 9.70. The summed E-state index contributed by atoms with van der Waals surface area (Å²) in [6.07, 6.45) is 0.960. The van der Waals surface area contributed by atoms with Gasteiger partial charge in [0.2, 0.25) is 22.1 Å². The van der Waals surface area contributed by atoms with Crippen LogP contribution in [0.2, 0.25) is 0 Å². The van der Waals surface area contributed by atoms with Gasteiger partial charge in [-0.3, -0.25) is 9.59 Å². The van der Waals surface area contributed by atoms with Crippen LogP contribution in [-0.2, 0) is 9.59 Å². The maximum Gasteiger partial charge on any atom is 0.226 e. The number of nitrogens with one attached hydrogen (secondary N) is 2. The van der Waals surface area contributed by atoms with E-state index in [2.05, 4.69) is 31.0 Å². The molecular formula is C9H10N6O2S2. The van der Waals surface area contributed by atoms with Crippen molar-refractivity contribution in [3.05, 3.63) is 11.0 Å². The normalized spacial score (nSPS) is 10.1. The summed E-state index contributed by atoms with van der Waals surface area (Å²) in [7, 11) is 0. The van der Waals surface area contributed by atoms with E-state index in [-0.39, 0.29) is 24.7 Å². The molecule has 19 heavy (non-hydrogen) atoms. The predicted molar refractivity (Wildman–Crippen MR) is 70.9 cm³/mol. The van der Waals surface area contributed by atoms with Crippen LogP contribution in [0.15, 0.2) is 11.0 Å². The van der Waals surface area contributed by atoms with Crippen molar-refractivity contribution in [3.8, 4) is 0 Å². The summed E-state index contributed by atoms with van der Waals surface area (Å²) in [6.45, 7) is 0. The second-order valence-corrected chi connectivity index (χ2v) is 5.10. The molecule has 0 aromatic carbocycles. The molecule has 0 spiro atoms. The lowest BCUT2D eigenvalue weighted by Crippen LogP contribution is -2.14. The van der Waals surface area contributed by atoms with E-state index in [1.165, 1.54) is 33.7 Å². The van der Waals surface area contributed by atoms with Crippen LogP contribution in [0, 0.1) is 0 Å². The molecule has 2 heterocycles. The highest BCUT2D eigenvalue weighted by atomic mass is 32.1. The third-order valence-corrected chi connectivity index (χ3v) is 3.23. The largest absolute Gasteiger partial charge is 0.301 e. The molecule has 2 N–H and O–H groups in total. The smallest absolute Gasteiger partial charge is 0.226 e. The number of hydrogen-bond acceptors (Lipinski definition) is 8. The van der Waals surface area contributed by atoms with Gasteiger partial charge < -0.3 is 10.6 Å². The quantitative estimate of drug-likeness (QED) is 0.827. The van der Waals surface area contributed by atoms with Crippen LogP contribution in [0.5, 0.6) is 0 Å². The number of rotatable bonds is 6. The Morgan fingerprint density at radius 3 is 1.79 bits per heavy atom. The molecule has 0 radical (unpaired) electrons. The minimum Gasteiger partial charge on any atom is -0.301 e. The number of aromatic nitrogens is 4. The molecule has 8 nitrogen and oxygen atoms in total. The third-order valence-electron chi connectivity index (χ3n) is 2.02. The minimum absolute atomic E-state index is 0.180. The number of hydrogen-bond donors (Lipinski definition) is 2. The average Bonchev–Trinajstić information content (AvgIpc) is 3.02. The van der Waals surface area contributed by atoms with Gasteiger partial charge in [-0.25, -0.2) is 0 Å². The van der Waals surface area contributed by atoms with Gasteiger partial charge in [0.15, 0.2) is 0 Å². The Bertz CT molecular complexity index is 479. The van der Waals surface area contributed by atoms with E-state index in [4.69, 9.17) is 0 Å². The Hall–Kier alpha value is -1.94.